The van der Waals surface area contributed by atoms with Gasteiger partial charge in [0.25, 0.3) is 0 Å². The second kappa shape index (κ2) is 3.21. The Kier molecular flexibility index (Phi) is 2.19. The molecule has 0 aliphatic rings. The Morgan fingerprint density at radius 3 is 2.85 bits per heavy atom. The Morgan fingerprint density at radius 1 is 1.31 bits per heavy atom. The minimum Gasteiger partial charge on any atom is -0.255 e. The van der Waals surface area contributed by atoms with Gasteiger partial charge in [-0.25, -0.2) is 4.39 Å². The van der Waals surface area contributed by atoms with E-state index in [1.807, 2.05) is 35.6 Å². The molecule has 1 heterocycles. The van der Waals surface area contributed by atoms with Gasteiger partial charge in [-0.3, -0.25) is 4.98 Å². The summed E-state index contributed by atoms with van der Waals surface area (Å²) in [7, 11) is 0. The van der Waals surface area contributed by atoms with Gasteiger partial charge in [-0.1, -0.05) is 0 Å². The topological polar surface area (TPSA) is 12.9 Å². The highest BCUT2D eigenvalue weighted by atomic mass is 127. The van der Waals surface area contributed by atoms with Crippen LogP contribution in [-0.2, 0) is 0 Å². The van der Waals surface area contributed by atoms with E-state index in [-0.39, 0.29) is 5.82 Å². The lowest BCUT2D eigenvalue weighted by Gasteiger charge is -2.02. The van der Waals surface area contributed by atoms with Crippen LogP contribution in [-0.4, -0.2) is 4.98 Å². The molecule has 2 aromatic rings. The molecule has 0 spiro atoms. The number of rotatable bonds is 0. The summed E-state index contributed by atoms with van der Waals surface area (Å²) in [6.45, 7) is 2.00. The maximum atomic E-state index is 13.1. The number of benzene rings is 1. The van der Waals surface area contributed by atoms with E-state index in [1.54, 1.807) is 12.3 Å². The van der Waals surface area contributed by atoms with Crippen molar-refractivity contribution in [1.82, 2.24) is 4.98 Å². The second-order valence-electron chi connectivity index (χ2n) is 2.89. The van der Waals surface area contributed by atoms with E-state index in [0.29, 0.717) is 3.57 Å². The highest BCUT2D eigenvalue weighted by Gasteiger charge is 2.06. The van der Waals surface area contributed by atoms with Gasteiger partial charge in [-0.05, 0) is 53.3 Å². The van der Waals surface area contributed by atoms with Crippen molar-refractivity contribution in [1.29, 1.82) is 0 Å². The van der Waals surface area contributed by atoms with E-state index in [2.05, 4.69) is 4.98 Å². The first-order valence-corrected chi connectivity index (χ1v) is 4.97. The van der Waals surface area contributed by atoms with Gasteiger partial charge in [0.15, 0.2) is 0 Å². The minimum atomic E-state index is -0.203. The van der Waals surface area contributed by atoms with Crippen LogP contribution in [0.2, 0.25) is 0 Å². The molecule has 0 saturated carbocycles. The Labute approximate surface area is 89.1 Å². The first kappa shape index (κ1) is 8.87. The highest BCUT2D eigenvalue weighted by molar-refractivity contribution is 14.1. The lowest BCUT2D eigenvalue weighted by Crippen LogP contribution is -1.89. The molecule has 0 bridgehead atoms. The van der Waals surface area contributed by atoms with Crippen molar-refractivity contribution in [3.63, 3.8) is 0 Å². The maximum Gasteiger partial charge on any atom is 0.138 e. The smallest absolute Gasteiger partial charge is 0.138 e. The molecule has 3 heteroatoms. The number of hydrogen-bond donors (Lipinski definition) is 0. The Balaban J connectivity index is 2.94. The van der Waals surface area contributed by atoms with Gasteiger partial charge in [-0.2, -0.15) is 0 Å². The zero-order chi connectivity index (χ0) is 9.42. The number of aryl methyl sites for hydroxylation is 1. The molecule has 66 valence electrons. The third kappa shape index (κ3) is 1.41. The molecule has 0 unspecified atom stereocenters. The predicted octanol–water partition coefficient (Wildman–Crippen LogP) is 3.29. The van der Waals surface area contributed by atoms with Gasteiger partial charge >= 0.3 is 0 Å². The molecule has 0 aliphatic carbocycles. The van der Waals surface area contributed by atoms with E-state index >= 15 is 0 Å². The first-order chi connectivity index (χ1) is 6.20. The van der Waals surface area contributed by atoms with Crippen molar-refractivity contribution >= 4 is 33.5 Å². The average molecular weight is 287 g/mol. The molecule has 2 rings (SSSR count). The van der Waals surface area contributed by atoms with Crippen molar-refractivity contribution in [2.45, 2.75) is 6.92 Å². The molecule has 0 atom stereocenters. The molecule has 0 fully saturated rings. The summed E-state index contributed by atoms with van der Waals surface area (Å²) in [6, 6.07) is 5.18. The zero-order valence-corrected chi connectivity index (χ0v) is 9.17. The molecule has 13 heavy (non-hydrogen) atoms. The number of nitrogens with zero attached hydrogens (tertiary/aromatic N) is 1. The molecule has 0 aliphatic heterocycles. The largest absolute Gasteiger partial charge is 0.255 e. The molecule has 1 nitrogen and oxygen atoms in total. The lowest BCUT2D eigenvalue weighted by molar-refractivity contribution is 0.622. The van der Waals surface area contributed by atoms with E-state index < -0.39 is 0 Å². The van der Waals surface area contributed by atoms with Crippen LogP contribution in [0.4, 0.5) is 4.39 Å². The van der Waals surface area contributed by atoms with Crippen LogP contribution in [0.3, 0.4) is 0 Å². The van der Waals surface area contributed by atoms with Gasteiger partial charge in [0, 0.05) is 11.6 Å². The Morgan fingerprint density at radius 2 is 2.08 bits per heavy atom. The number of aromatic nitrogens is 1. The van der Waals surface area contributed by atoms with Crippen LogP contribution in [0.5, 0.6) is 0 Å². The van der Waals surface area contributed by atoms with E-state index in [1.165, 1.54) is 6.07 Å². The van der Waals surface area contributed by atoms with Gasteiger partial charge in [0.1, 0.15) is 5.82 Å². The van der Waals surface area contributed by atoms with Crippen LogP contribution in [0, 0.1) is 16.3 Å². The molecule has 0 N–H and O–H groups in total. The summed E-state index contributed by atoms with van der Waals surface area (Å²) >= 11 is 1.98. The molecular weight excluding hydrogens is 280 g/mol. The Bertz CT molecular complexity index is 468. The van der Waals surface area contributed by atoms with Crippen molar-refractivity contribution in [2.75, 3.05) is 0 Å². The lowest BCUT2D eigenvalue weighted by atomic mass is 10.1. The van der Waals surface area contributed by atoms with Gasteiger partial charge in [-0.15, -0.1) is 0 Å². The molecule has 1 aromatic heterocycles. The van der Waals surface area contributed by atoms with Crippen LogP contribution in [0.1, 0.15) is 5.56 Å². The number of hydrogen-bond acceptors (Lipinski definition) is 1. The number of halogens is 2. The fraction of sp³-hybridized carbons (Fsp3) is 0.100. The van der Waals surface area contributed by atoms with Gasteiger partial charge in [0.2, 0.25) is 0 Å². The van der Waals surface area contributed by atoms with Crippen molar-refractivity contribution < 1.29 is 4.39 Å². The standard InChI is InChI=1S/C10H7FIN/c1-6-4-5-13-10-7(6)2-3-8(11)9(10)12/h2-5H,1H3. The maximum absolute atomic E-state index is 13.1. The van der Waals surface area contributed by atoms with Crippen molar-refractivity contribution in [3.8, 4) is 0 Å². The zero-order valence-electron chi connectivity index (χ0n) is 7.01. The quantitative estimate of drug-likeness (QED) is 0.678. The van der Waals surface area contributed by atoms with E-state index in [4.69, 9.17) is 0 Å². The summed E-state index contributed by atoms with van der Waals surface area (Å²) in [4.78, 5) is 4.15. The molecular formula is C10H7FIN. The fourth-order valence-corrected chi connectivity index (χ4v) is 1.91. The normalized spacial score (nSPS) is 10.7. The molecule has 1 aromatic carbocycles. The molecule has 0 saturated heterocycles. The van der Waals surface area contributed by atoms with Crippen molar-refractivity contribution in [3.05, 3.63) is 39.3 Å². The molecule has 0 amide bonds. The second-order valence-corrected chi connectivity index (χ2v) is 3.96. The summed E-state index contributed by atoms with van der Waals surface area (Å²) in [5, 5.41) is 1.02. The fourth-order valence-electron chi connectivity index (χ4n) is 1.30. The summed E-state index contributed by atoms with van der Waals surface area (Å²) in [5.41, 5.74) is 1.88. The third-order valence-corrected chi connectivity index (χ3v) is 3.05. The van der Waals surface area contributed by atoms with Crippen molar-refractivity contribution in [2.24, 2.45) is 0 Å². The molecule has 0 radical (unpaired) electrons. The van der Waals surface area contributed by atoms with Crippen LogP contribution >= 0.6 is 22.6 Å². The predicted molar refractivity (Wildman–Crippen MR) is 59.2 cm³/mol. The average Bonchev–Trinajstić information content (AvgIpc) is 2.12. The Hall–Kier alpha value is -0.710. The SMILES string of the molecule is Cc1ccnc2c(I)c(F)ccc12. The monoisotopic (exact) mass is 287 g/mol. The van der Waals surface area contributed by atoms with Crippen LogP contribution in [0.15, 0.2) is 24.4 Å². The highest BCUT2D eigenvalue weighted by Crippen LogP contribution is 2.23. The summed E-state index contributed by atoms with van der Waals surface area (Å²) in [6.07, 6.45) is 1.71. The van der Waals surface area contributed by atoms with Crippen LogP contribution in [0.25, 0.3) is 10.9 Å². The first-order valence-electron chi connectivity index (χ1n) is 3.89. The van der Waals surface area contributed by atoms with E-state index in [9.17, 15) is 4.39 Å². The van der Waals surface area contributed by atoms with Crippen LogP contribution < -0.4 is 0 Å². The minimum absolute atomic E-state index is 0.203. The number of fused-ring (bicyclic) bond motifs is 1. The van der Waals surface area contributed by atoms with Gasteiger partial charge in [0.05, 0.1) is 9.09 Å². The summed E-state index contributed by atoms with van der Waals surface area (Å²) < 4.78 is 13.7. The van der Waals surface area contributed by atoms with Gasteiger partial charge < -0.3 is 0 Å². The van der Waals surface area contributed by atoms with E-state index in [0.717, 1.165) is 16.5 Å². The summed E-state index contributed by atoms with van der Waals surface area (Å²) in [5.74, 6) is -0.203. The number of pyridine rings is 1. The third-order valence-electron chi connectivity index (χ3n) is 2.02.